The molecule has 1 aromatic heterocycles. The van der Waals surface area contributed by atoms with Gasteiger partial charge >= 0.3 is 0 Å². The summed E-state index contributed by atoms with van der Waals surface area (Å²) in [6.45, 7) is 1.90. The van der Waals surface area contributed by atoms with Crippen LogP contribution in [0.3, 0.4) is 0 Å². The molecule has 0 aliphatic heterocycles. The van der Waals surface area contributed by atoms with Crippen molar-refractivity contribution in [3.05, 3.63) is 56.4 Å². The molecule has 0 bridgehead atoms. The van der Waals surface area contributed by atoms with Gasteiger partial charge in [-0.1, -0.05) is 11.6 Å². The van der Waals surface area contributed by atoms with Gasteiger partial charge in [-0.2, -0.15) is 0 Å². The average molecular weight is 373 g/mol. The Bertz CT molecular complexity index is 601. The van der Waals surface area contributed by atoms with E-state index in [1.54, 1.807) is 36.7 Å². The molecule has 0 aliphatic carbocycles. The van der Waals surface area contributed by atoms with Gasteiger partial charge in [0.25, 0.3) is 5.91 Å². The van der Waals surface area contributed by atoms with Gasteiger partial charge in [0, 0.05) is 21.0 Å². The predicted molar refractivity (Wildman–Crippen MR) is 81.1 cm³/mol. The molecule has 1 N–H and O–H groups in total. The minimum Gasteiger partial charge on any atom is -0.321 e. The molecule has 2 rings (SSSR count). The van der Waals surface area contributed by atoms with E-state index in [1.165, 1.54) is 0 Å². The van der Waals surface area contributed by atoms with Crippen molar-refractivity contribution in [3.63, 3.8) is 0 Å². The summed E-state index contributed by atoms with van der Waals surface area (Å²) in [6.07, 6.45) is 3.26. The van der Waals surface area contributed by atoms with Gasteiger partial charge in [0.05, 0.1) is 11.3 Å². The Kier molecular flexibility index (Phi) is 4.19. The molecule has 3 nitrogen and oxygen atoms in total. The lowest BCUT2D eigenvalue weighted by molar-refractivity contribution is 0.102. The fraction of sp³-hybridized carbons (Fsp3) is 0.0769. The maximum Gasteiger partial charge on any atom is 0.257 e. The van der Waals surface area contributed by atoms with Crippen LogP contribution in [0.4, 0.5) is 5.69 Å². The highest BCUT2D eigenvalue weighted by atomic mass is 127. The first-order valence-electron chi connectivity index (χ1n) is 5.24. The summed E-state index contributed by atoms with van der Waals surface area (Å²) in [4.78, 5) is 16.0. The van der Waals surface area contributed by atoms with Crippen molar-refractivity contribution in [2.24, 2.45) is 0 Å². The number of rotatable bonds is 2. The van der Waals surface area contributed by atoms with E-state index in [0.717, 1.165) is 14.8 Å². The molecule has 0 aliphatic rings. The number of anilines is 1. The van der Waals surface area contributed by atoms with Crippen molar-refractivity contribution in [1.82, 2.24) is 4.98 Å². The summed E-state index contributed by atoms with van der Waals surface area (Å²) in [5, 5.41) is 3.48. The van der Waals surface area contributed by atoms with E-state index in [0.29, 0.717) is 10.6 Å². The quantitative estimate of drug-likeness (QED) is 0.813. The monoisotopic (exact) mass is 372 g/mol. The standard InChI is InChI=1S/C13H10ClIN2O/c1-8-4-9(7-16-6-8)13(18)17-12-3-2-10(14)5-11(12)15/h2-7H,1H3,(H,17,18). The van der Waals surface area contributed by atoms with E-state index in [9.17, 15) is 4.79 Å². The SMILES string of the molecule is Cc1cncc(C(=O)Nc2ccc(Cl)cc2I)c1. The topological polar surface area (TPSA) is 42.0 Å². The van der Waals surface area contributed by atoms with Crippen molar-refractivity contribution in [2.45, 2.75) is 6.92 Å². The number of hydrogen-bond acceptors (Lipinski definition) is 2. The van der Waals surface area contributed by atoms with Crippen LogP contribution < -0.4 is 5.32 Å². The predicted octanol–water partition coefficient (Wildman–Crippen LogP) is 3.90. The number of aromatic nitrogens is 1. The second-order valence-electron chi connectivity index (χ2n) is 3.83. The zero-order valence-electron chi connectivity index (χ0n) is 9.58. The molecule has 0 spiro atoms. The van der Waals surface area contributed by atoms with Gasteiger partial charge < -0.3 is 5.32 Å². The molecule has 1 aromatic carbocycles. The molecule has 5 heteroatoms. The van der Waals surface area contributed by atoms with Gasteiger partial charge in [0.15, 0.2) is 0 Å². The highest BCUT2D eigenvalue weighted by molar-refractivity contribution is 14.1. The van der Waals surface area contributed by atoms with Crippen molar-refractivity contribution in [2.75, 3.05) is 5.32 Å². The molecular formula is C13H10ClIN2O. The lowest BCUT2D eigenvalue weighted by atomic mass is 10.2. The summed E-state index contributed by atoms with van der Waals surface area (Å²) >= 11 is 7.99. The normalized spacial score (nSPS) is 10.2. The number of nitrogens with one attached hydrogen (secondary N) is 1. The van der Waals surface area contributed by atoms with Crippen LogP contribution in [-0.4, -0.2) is 10.9 Å². The van der Waals surface area contributed by atoms with E-state index in [1.807, 2.05) is 6.92 Å². The summed E-state index contributed by atoms with van der Waals surface area (Å²) in [7, 11) is 0. The van der Waals surface area contributed by atoms with Crippen LogP contribution in [0.15, 0.2) is 36.7 Å². The van der Waals surface area contributed by atoms with Gasteiger partial charge in [-0.05, 0) is 59.3 Å². The molecule has 0 saturated carbocycles. The van der Waals surface area contributed by atoms with Crippen LogP contribution in [0.1, 0.15) is 15.9 Å². The summed E-state index contributed by atoms with van der Waals surface area (Å²) in [5.74, 6) is -0.175. The molecule has 0 saturated heterocycles. The first-order chi connectivity index (χ1) is 8.56. The second kappa shape index (κ2) is 5.67. The molecule has 0 radical (unpaired) electrons. The third kappa shape index (κ3) is 3.20. The highest BCUT2D eigenvalue weighted by Crippen LogP contribution is 2.22. The zero-order chi connectivity index (χ0) is 13.1. The fourth-order valence-electron chi connectivity index (χ4n) is 1.46. The molecule has 0 atom stereocenters. The van der Waals surface area contributed by atoms with Gasteiger partial charge in [0.1, 0.15) is 0 Å². The third-order valence-electron chi connectivity index (χ3n) is 2.32. The van der Waals surface area contributed by atoms with Gasteiger partial charge in [-0.15, -0.1) is 0 Å². The lowest BCUT2D eigenvalue weighted by Gasteiger charge is -2.07. The lowest BCUT2D eigenvalue weighted by Crippen LogP contribution is -2.13. The molecule has 1 amide bonds. The Morgan fingerprint density at radius 3 is 2.78 bits per heavy atom. The average Bonchev–Trinajstić information content (AvgIpc) is 2.32. The fourth-order valence-corrected chi connectivity index (χ4v) is 2.47. The molecule has 92 valence electrons. The van der Waals surface area contributed by atoms with E-state index < -0.39 is 0 Å². The van der Waals surface area contributed by atoms with Crippen molar-refractivity contribution < 1.29 is 4.79 Å². The summed E-state index contributed by atoms with van der Waals surface area (Å²) < 4.78 is 0.897. The maximum absolute atomic E-state index is 12.0. The maximum atomic E-state index is 12.0. The molecule has 1 heterocycles. The Morgan fingerprint density at radius 2 is 2.11 bits per heavy atom. The number of carbonyl (C=O) groups excluding carboxylic acids is 1. The van der Waals surface area contributed by atoms with Crippen LogP contribution in [0.5, 0.6) is 0 Å². The summed E-state index contributed by atoms with van der Waals surface area (Å²) in [6, 6.07) is 7.12. The minimum absolute atomic E-state index is 0.175. The van der Waals surface area contributed by atoms with Crippen LogP contribution in [0.2, 0.25) is 5.02 Å². The smallest absolute Gasteiger partial charge is 0.257 e. The molecule has 2 aromatic rings. The summed E-state index contributed by atoms with van der Waals surface area (Å²) in [5.41, 5.74) is 2.24. The number of nitrogens with zero attached hydrogens (tertiary/aromatic N) is 1. The van der Waals surface area contributed by atoms with Crippen LogP contribution in [0, 0.1) is 10.5 Å². The van der Waals surface area contributed by atoms with E-state index >= 15 is 0 Å². The van der Waals surface area contributed by atoms with Crippen LogP contribution in [-0.2, 0) is 0 Å². The van der Waals surface area contributed by atoms with Gasteiger partial charge in [-0.25, -0.2) is 0 Å². The van der Waals surface area contributed by atoms with Crippen molar-refractivity contribution in [3.8, 4) is 0 Å². The number of amides is 1. The van der Waals surface area contributed by atoms with Crippen LogP contribution in [0.25, 0.3) is 0 Å². The molecule has 0 fully saturated rings. The Labute approximate surface area is 124 Å². The second-order valence-corrected chi connectivity index (χ2v) is 5.43. The first-order valence-corrected chi connectivity index (χ1v) is 6.70. The number of aryl methyl sites for hydroxylation is 1. The first kappa shape index (κ1) is 13.3. The largest absolute Gasteiger partial charge is 0.321 e. The van der Waals surface area contributed by atoms with Crippen LogP contribution >= 0.6 is 34.2 Å². The zero-order valence-corrected chi connectivity index (χ0v) is 12.5. The van der Waals surface area contributed by atoms with Crippen molar-refractivity contribution in [1.29, 1.82) is 0 Å². The van der Waals surface area contributed by atoms with E-state index in [-0.39, 0.29) is 5.91 Å². The molecule has 18 heavy (non-hydrogen) atoms. The number of carbonyl (C=O) groups is 1. The van der Waals surface area contributed by atoms with E-state index in [2.05, 4.69) is 32.9 Å². The number of pyridine rings is 1. The third-order valence-corrected chi connectivity index (χ3v) is 3.44. The number of hydrogen-bond donors (Lipinski definition) is 1. The highest BCUT2D eigenvalue weighted by Gasteiger charge is 2.08. The number of benzene rings is 1. The minimum atomic E-state index is -0.175. The Balaban J connectivity index is 2.21. The molecule has 0 unspecified atom stereocenters. The van der Waals surface area contributed by atoms with Gasteiger partial charge in [-0.3, -0.25) is 9.78 Å². The number of halogens is 2. The molecular weight excluding hydrogens is 363 g/mol. The van der Waals surface area contributed by atoms with Crippen molar-refractivity contribution >= 4 is 45.8 Å². The van der Waals surface area contributed by atoms with E-state index in [4.69, 9.17) is 11.6 Å². The Hall–Kier alpha value is -1.14. The Morgan fingerprint density at radius 1 is 1.33 bits per heavy atom. The van der Waals surface area contributed by atoms with Gasteiger partial charge in [0.2, 0.25) is 0 Å².